The molecule has 0 atom stereocenters. The molecule has 0 spiro atoms. The summed E-state index contributed by atoms with van der Waals surface area (Å²) < 4.78 is 24.7. The van der Waals surface area contributed by atoms with Crippen LogP contribution >= 0.6 is 0 Å². The number of benzene rings is 1. The van der Waals surface area contributed by atoms with E-state index in [1.807, 2.05) is 13.8 Å². The smallest absolute Gasteiger partial charge is 0.167 e. The van der Waals surface area contributed by atoms with Crippen molar-refractivity contribution in [2.75, 3.05) is 36.9 Å². The number of ether oxygens (including phenoxy) is 2. The van der Waals surface area contributed by atoms with Gasteiger partial charge in [-0.3, -0.25) is 0 Å². The van der Waals surface area contributed by atoms with Crippen molar-refractivity contribution in [1.82, 2.24) is 0 Å². The average Bonchev–Trinajstić information content (AvgIpc) is 2.61. The summed E-state index contributed by atoms with van der Waals surface area (Å²) >= 11 is 0. The monoisotopic (exact) mass is 268 g/mol. The summed E-state index contributed by atoms with van der Waals surface area (Å²) in [6, 6.07) is 3.02. The first kappa shape index (κ1) is 13.9. The van der Waals surface area contributed by atoms with E-state index < -0.39 is 5.82 Å². The van der Waals surface area contributed by atoms with Gasteiger partial charge >= 0.3 is 0 Å². The number of nitrogen functional groups attached to an aromatic ring is 1. The fraction of sp³-hybridized carbons (Fsp3) is 0.571. The zero-order chi connectivity index (χ0) is 13.8. The van der Waals surface area contributed by atoms with Crippen molar-refractivity contribution in [2.45, 2.75) is 26.4 Å². The third-order valence-electron chi connectivity index (χ3n) is 3.01. The second-order valence-electron chi connectivity index (χ2n) is 4.96. The minimum absolute atomic E-state index is 0.0709. The van der Waals surface area contributed by atoms with E-state index in [-0.39, 0.29) is 11.9 Å². The number of halogens is 1. The molecule has 0 radical (unpaired) electrons. The van der Waals surface area contributed by atoms with Crippen molar-refractivity contribution in [2.24, 2.45) is 0 Å². The Morgan fingerprint density at radius 1 is 1.32 bits per heavy atom. The van der Waals surface area contributed by atoms with Crippen LogP contribution in [0.1, 0.15) is 20.3 Å². The molecule has 0 bridgehead atoms. The Hall–Kier alpha value is -1.49. The number of nitrogens with zero attached hydrogens (tertiary/aromatic N) is 1. The van der Waals surface area contributed by atoms with Gasteiger partial charge in [0.1, 0.15) is 0 Å². The molecule has 1 fully saturated rings. The molecule has 5 heteroatoms. The number of rotatable bonds is 3. The van der Waals surface area contributed by atoms with Crippen LogP contribution in [0.5, 0.6) is 5.75 Å². The number of nitrogens with two attached hydrogens (primary N) is 1. The van der Waals surface area contributed by atoms with Crippen molar-refractivity contribution in [3.63, 3.8) is 0 Å². The Balaban J connectivity index is 2.27. The summed E-state index contributed by atoms with van der Waals surface area (Å²) in [6.07, 6.45) is 0.871. The van der Waals surface area contributed by atoms with Gasteiger partial charge in [-0.15, -0.1) is 0 Å². The Morgan fingerprint density at radius 3 is 2.84 bits per heavy atom. The molecule has 1 heterocycles. The molecule has 1 aromatic rings. The summed E-state index contributed by atoms with van der Waals surface area (Å²) in [5, 5.41) is 0. The number of anilines is 2. The lowest BCUT2D eigenvalue weighted by atomic mass is 10.2. The van der Waals surface area contributed by atoms with Gasteiger partial charge in [0.15, 0.2) is 11.6 Å². The maximum Gasteiger partial charge on any atom is 0.167 e. The third-order valence-corrected chi connectivity index (χ3v) is 3.01. The highest BCUT2D eigenvalue weighted by molar-refractivity contribution is 5.70. The van der Waals surface area contributed by atoms with E-state index in [0.717, 1.165) is 31.8 Å². The molecule has 2 N–H and O–H groups in total. The van der Waals surface area contributed by atoms with Crippen LogP contribution in [0.15, 0.2) is 12.1 Å². The molecule has 106 valence electrons. The highest BCUT2D eigenvalue weighted by Gasteiger charge is 2.17. The largest absolute Gasteiger partial charge is 0.488 e. The van der Waals surface area contributed by atoms with E-state index in [1.165, 1.54) is 6.07 Å². The highest BCUT2D eigenvalue weighted by Crippen LogP contribution is 2.32. The zero-order valence-electron chi connectivity index (χ0n) is 11.5. The highest BCUT2D eigenvalue weighted by atomic mass is 19.1. The van der Waals surface area contributed by atoms with Crippen molar-refractivity contribution >= 4 is 11.4 Å². The first-order chi connectivity index (χ1) is 9.08. The third kappa shape index (κ3) is 3.50. The minimum atomic E-state index is -0.416. The quantitative estimate of drug-likeness (QED) is 0.855. The predicted molar refractivity (Wildman–Crippen MR) is 74.2 cm³/mol. The van der Waals surface area contributed by atoms with Crippen LogP contribution in [-0.2, 0) is 4.74 Å². The molecule has 1 saturated heterocycles. The molecule has 1 aromatic carbocycles. The van der Waals surface area contributed by atoms with Gasteiger partial charge < -0.3 is 20.1 Å². The van der Waals surface area contributed by atoms with Gasteiger partial charge in [0, 0.05) is 31.8 Å². The summed E-state index contributed by atoms with van der Waals surface area (Å²) in [5.74, 6) is -0.162. The van der Waals surface area contributed by atoms with Crippen LogP contribution in [0.25, 0.3) is 0 Å². The lowest BCUT2D eigenvalue weighted by Crippen LogP contribution is -2.27. The van der Waals surface area contributed by atoms with Gasteiger partial charge in [0.2, 0.25) is 0 Å². The topological polar surface area (TPSA) is 47.7 Å². The van der Waals surface area contributed by atoms with Crippen molar-refractivity contribution in [3.05, 3.63) is 17.9 Å². The van der Waals surface area contributed by atoms with E-state index in [1.54, 1.807) is 6.07 Å². The van der Waals surface area contributed by atoms with Crippen molar-refractivity contribution in [3.8, 4) is 5.75 Å². The molecular formula is C14H21FN2O2. The predicted octanol–water partition coefficient (Wildman–Crippen LogP) is 2.42. The first-order valence-corrected chi connectivity index (χ1v) is 6.66. The van der Waals surface area contributed by atoms with E-state index in [9.17, 15) is 4.39 Å². The van der Waals surface area contributed by atoms with Crippen LogP contribution in [0.3, 0.4) is 0 Å². The maximum atomic E-state index is 13.8. The molecule has 0 amide bonds. The van der Waals surface area contributed by atoms with E-state index >= 15 is 0 Å². The summed E-state index contributed by atoms with van der Waals surface area (Å²) in [7, 11) is 0. The maximum absolute atomic E-state index is 13.8. The number of hydrogen-bond acceptors (Lipinski definition) is 4. The Kier molecular flexibility index (Phi) is 4.47. The van der Waals surface area contributed by atoms with Crippen molar-refractivity contribution < 1.29 is 13.9 Å². The van der Waals surface area contributed by atoms with Gasteiger partial charge in [-0.05, 0) is 20.3 Å². The summed E-state index contributed by atoms with van der Waals surface area (Å²) in [6.45, 7) is 6.78. The molecule has 0 aromatic heterocycles. The van der Waals surface area contributed by atoms with E-state index in [2.05, 4.69) is 4.90 Å². The second kappa shape index (κ2) is 6.10. The minimum Gasteiger partial charge on any atom is -0.488 e. The Morgan fingerprint density at radius 2 is 2.11 bits per heavy atom. The zero-order valence-corrected chi connectivity index (χ0v) is 11.5. The van der Waals surface area contributed by atoms with Gasteiger partial charge in [-0.25, -0.2) is 4.39 Å². The van der Waals surface area contributed by atoms with Crippen LogP contribution in [-0.4, -0.2) is 32.4 Å². The normalized spacial score (nSPS) is 16.5. The molecule has 1 aliphatic heterocycles. The second-order valence-corrected chi connectivity index (χ2v) is 4.96. The van der Waals surface area contributed by atoms with Crippen LogP contribution in [0.4, 0.5) is 15.8 Å². The standard InChI is InChI=1S/C14H21FN2O2/c1-10(2)19-14-9-13(12(16)8-11(14)15)17-4-3-6-18-7-5-17/h8-10H,3-7,16H2,1-2H3. The molecule has 0 saturated carbocycles. The summed E-state index contributed by atoms with van der Waals surface area (Å²) in [4.78, 5) is 2.12. The average molecular weight is 268 g/mol. The molecule has 2 rings (SSSR count). The molecule has 0 aliphatic carbocycles. The van der Waals surface area contributed by atoms with Gasteiger partial charge in [0.25, 0.3) is 0 Å². The lowest BCUT2D eigenvalue weighted by Gasteiger charge is -2.24. The van der Waals surface area contributed by atoms with Crippen LogP contribution in [0.2, 0.25) is 0 Å². The Bertz CT molecular complexity index is 430. The van der Waals surface area contributed by atoms with Crippen LogP contribution in [0, 0.1) is 5.82 Å². The summed E-state index contributed by atoms with van der Waals surface area (Å²) in [5.41, 5.74) is 7.19. The first-order valence-electron chi connectivity index (χ1n) is 6.66. The lowest BCUT2D eigenvalue weighted by molar-refractivity contribution is 0.152. The number of hydrogen-bond donors (Lipinski definition) is 1. The van der Waals surface area contributed by atoms with Gasteiger partial charge in [-0.2, -0.15) is 0 Å². The van der Waals surface area contributed by atoms with E-state index in [0.29, 0.717) is 12.3 Å². The fourth-order valence-corrected chi connectivity index (χ4v) is 2.16. The molecule has 4 nitrogen and oxygen atoms in total. The molecule has 19 heavy (non-hydrogen) atoms. The van der Waals surface area contributed by atoms with Gasteiger partial charge in [0.05, 0.1) is 24.1 Å². The molecule has 1 aliphatic rings. The SMILES string of the molecule is CC(C)Oc1cc(N2CCCOCC2)c(N)cc1F. The fourth-order valence-electron chi connectivity index (χ4n) is 2.16. The van der Waals surface area contributed by atoms with Crippen molar-refractivity contribution in [1.29, 1.82) is 0 Å². The molecule has 0 unspecified atom stereocenters. The Labute approximate surface area is 113 Å². The van der Waals surface area contributed by atoms with Crippen LogP contribution < -0.4 is 15.4 Å². The van der Waals surface area contributed by atoms with Gasteiger partial charge in [-0.1, -0.05) is 0 Å². The van der Waals surface area contributed by atoms with E-state index in [4.69, 9.17) is 15.2 Å². The molecular weight excluding hydrogens is 247 g/mol.